The van der Waals surface area contributed by atoms with Crippen LogP contribution in [0.2, 0.25) is 5.35 Å². The maximum absolute atomic E-state index is 5.75. The fourth-order valence-corrected chi connectivity index (χ4v) is 1.91. The zero-order valence-electron chi connectivity index (χ0n) is 8.53. The minimum absolute atomic E-state index is 0.0515. The van der Waals surface area contributed by atoms with Crippen LogP contribution < -0.4 is 0 Å². The van der Waals surface area contributed by atoms with E-state index < -0.39 is 5.60 Å². The molecule has 0 amide bonds. The lowest BCUT2D eigenvalue weighted by atomic mass is 9.93. The van der Waals surface area contributed by atoms with Gasteiger partial charge >= 0.3 is 5.35 Å². The number of hydrogen-bond acceptors (Lipinski definition) is 5. The topological polar surface area (TPSA) is 57.4 Å². The van der Waals surface area contributed by atoms with Gasteiger partial charge in [-0.2, -0.15) is 4.98 Å². The van der Waals surface area contributed by atoms with Crippen LogP contribution in [0.5, 0.6) is 0 Å². The molecular weight excluding hydrogens is 220 g/mol. The molecule has 0 atom stereocenters. The van der Waals surface area contributed by atoms with E-state index >= 15 is 0 Å². The third-order valence-corrected chi connectivity index (χ3v) is 2.68. The second-order valence-electron chi connectivity index (χ2n) is 3.41. The van der Waals surface area contributed by atoms with Crippen LogP contribution in [0.3, 0.4) is 0 Å². The van der Waals surface area contributed by atoms with Gasteiger partial charge in [0.15, 0.2) is 0 Å². The normalized spacial score (nSPS) is 20.4. The second-order valence-corrected chi connectivity index (χ2v) is 3.73. The molecule has 0 N–H and O–H groups in total. The van der Waals surface area contributed by atoms with Crippen molar-refractivity contribution in [2.75, 3.05) is 19.8 Å². The SMILES string of the molecule is CCOC1(c2noc(Cl)n2)CCOCC1. The summed E-state index contributed by atoms with van der Waals surface area (Å²) in [5.74, 6) is 0.526. The number of rotatable bonds is 3. The Balaban J connectivity index is 2.24. The summed E-state index contributed by atoms with van der Waals surface area (Å²) in [6.45, 7) is 3.84. The molecule has 0 radical (unpaired) electrons. The maximum Gasteiger partial charge on any atom is 0.320 e. The molecule has 1 aliphatic heterocycles. The molecule has 1 aromatic rings. The summed E-state index contributed by atoms with van der Waals surface area (Å²) in [6.07, 6.45) is 1.47. The molecular formula is C9H13ClN2O3. The van der Waals surface area contributed by atoms with Crippen LogP contribution in [0.4, 0.5) is 0 Å². The number of hydrogen-bond donors (Lipinski definition) is 0. The molecule has 0 saturated carbocycles. The molecule has 2 rings (SSSR count). The summed E-state index contributed by atoms with van der Waals surface area (Å²) in [5, 5.41) is 3.88. The first-order valence-corrected chi connectivity index (χ1v) is 5.36. The minimum atomic E-state index is -0.482. The fourth-order valence-electron chi connectivity index (χ4n) is 1.80. The van der Waals surface area contributed by atoms with Gasteiger partial charge in [0.1, 0.15) is 5.60 Å². The van der Waals surface area contributed by atoms with Crippen LogP contribution in [-0.2, 0) is 15.1 Å². The largest absolute Gasteiger partial charge is 0.381 e. The van der Waals surface area contributed by atoms with Gasteiger partial charge in [-0.15, -0.1) is 0 Å². The molecule has 5 nitrogen and oxygen atoms in total. The van der Waals surface area contributed by atoms with Gasteiger partial charge in [-0.25, -0.2) is 0 Å². The second kappa shape index (κ2) is 4.47. The molecule has 0 aliphatic carbocycles. The predicted octanol–water partition coefficient (Wildman–Crippen LogP) is 1.77. The van der Waals surface area contributed by atoms with E-state index in [1.807, 2.05) is 6.92 Å². The van der Waals surface area contributed by atoms with Gasteiger partial charge in [0.05, 0.1) is 0 Å². The Hall–Kier alpha value is -0.650. The summed E-state index contributed by atoms with van der Waals surface area (Å²) in [5.41, 5.74) is -0.482. The van der Waals surface area contributed by atoms with Gasteiger partial charge in [0, 0.05) is 32.7 Å². The van der Waals surface area contributed by atoms with Crippen molar-refractivity contribution in [3.63, 3.8) is 0 Å². The summed E-state index contributed by atoms with van der Waals surface area (Å²) in [7, 11) is 0. The molecule has 0 spiro atoms. The van der Waals surface area contributed by atoms with Crippen LogP contribution in [0, 0.1) is 0 Å². The van der Waals surface area contributed by atoms with E-state index in [1.54, 1.807) is 0 Å². The highest BCUT2D eigenvalue weighted by atomic mass is 35.5. The number of nitrogens with zero attached hydrogens (tertiary/aromatic N) is 2. The Labute approximate surface area is 92.7 Å². The Morgan fingerprint density at radius 2 is 2.20 bits per heavy atom. The third-order valence-electron chi connectivity index (χ3n) is 2.53. The van der Waals surface area contributed by atoms with Crippen LogP contribution in [0.1, 0.15) is 25.6 Å². The average Bonchev–Trinajstić information content (AvgIpc) is 2.67. The lowest BCUT2D eigenvalue weighted by Crippen LogP contribution is -2.37. The molecule has 0 aromatic carbocycles. The van der Waals surface area contributed by atoms with Crippen LogP contribution >= 0.6 is 11.6 Å². The zero-order chi connectivity index (χ0) is 10.7. The Kier molecular flexibility index (Phi) is 3.23. The number of ether oxygens (including phenoxy) is 2. The molecule has 84 valence electrons. The van der Waals surface area contributed by atoms with Crippen molar-refractivity contribution in [1.82, 2.24) is 10.1 Å². The molecule has 0 bridgehead atoms. The van der Waals surface area contributed by atoms with E-state index in [1.165, 1.54) is 0 Å². The molecule has 1 fully saturated rings. The zero-order valence-corrected chi connectivity index (χ0v) is 9.29. The quantitative estimate of drug-likeness (QED) is 0.795. The minimum Gasteiger partial charge on any atom is -0.381 e. The predicted molar refractivity (Wildman–Crippen MR) is 52.7 cm³/mol. The van der Waals surface area contributed by atoms with Crippen molar-refractivity contribution in [3.8, 4) is 0 Å². The highest BCUT2D eigenvalue weighted by Gasteiger charge is 2.39. The first-order valence-electron chi connectivity index (χ1n) is 4.98. The van der Waals surface area contributed by atoms with Gasteiger partial charge in [0.25, 0.3) is 0 Å². The maximum atomic E-state index is 5.75. The van der Waals surface area contributed by atoms with Crippen molar-refractivity contribution in [3.05, 3.63) is 11.2 Å². The van der Waals surface area contributed by atoms with Gasteiger partial charge < -0.3 is 14.0 Å². The molecule has 15 heavy (non-hydrogen) atoms. The van der Waals surface area contributed by atoms with E-state index in [4.69, 9.17) is 25.6 Å². The fraction of sp³-hybridized carbons (Fsp3) is 0.778. The summed E-state index contributed by atoms with van der Waals surface area (Å²) >= 11 is 5.61. The smallest absolute Gasteiger partial charge is 0.320 e. The Bertz CT molecular complexity index is 317. The van der Waals surface area contributed by atoms with Crippen LogP contribution in [0.15, 0.2) is 4.52 Å². The number of halogens is 1. The summed E-state index contributed by atoms with van der Waals surface area (Å²) < 4.78 is 15.8. The van der Waals surface area contributed by atoms with Gasteiger partial charge in [-0.3, -0.25) is 0 Å². The van der Waals surface area contributed by atoms with Gasteiger partial charge in [-0.1, -0.05) is 5.16 Å². The highest BCUT2D eigenvalue weighted by molar-refractivity contribution is 6.27. The lowest BCUT2D eigenvalue weighted by molar-refractivity contribution is -0.118. The molecule has 1 aliphatic rings. The van der Waals surface area contributed by atoms with E-state index in [0.29, 0.717) is 25.6 Å². The lowest BCUT2D eigenvalue weighted by Gasteiger charge is -2.33. The average molecular weight is 233 g/mol. The first kappa shape index (κ1) is 10.9. The highest BCUT2D eigenvalue weighted by Crippen LogP contribution is 2.34. The molecule has 0 unspecified atom stereocenters. The summed E-state index contributed by atoms with van der Waals surface area (Å²) in [6, 6.07) is 0. The van der Waals surface area contributed by atoms with Crippen molar-refractivity contribution < 1.29 is 14.0 Å². The summed E-state index contributed by atoms with van der Waals surface area (Å²) in [4.78, 5) is 4.03. The van der Waals surface area contributed by atoms with Crippen molar-refractivity contribution in [2.24, 2.45) is 0 Å². The van der Waals surface area contributed by atoms with Gasteiger partial charge in [-0.05, 0) is 18.5 Å². The van der Waals surface area contributed by atoms with Crippen LogP contribution in [0.25, 0.3) is 0 Å². The number of aromatic nitrogens is 2. The van der Waals surface area contributed by atoms with E-state index in [-0.39, 0.29) is 5.35 Å². The van der Waals surface area contributed by atoms with Crippen LogP contribution in [-0.4, -0.2) is 30.0 Å². The standard InChI is InChI=1S/C9H13ClN2O3/c1-2-14-9(3-5-13-6-4-9)7-11-8(10)15-12-7/h2-6H2,1H3. The van der Waals surface area contributed by atoms with E-state index in [0.717, 1.165) is 12.8 Å². The Morgan fingerprint density at radius 1 is 1.47 bits per heavy atom. The molecule has 1 aromatic heterocycles. The van der Waals surface area contributed by atoms with E-state index in [9.17, 15) is 0 Å². The molecule has 1 saturated heterocycles. The van der Waals surface area contributed by atoms with Crippen molar-refractivity contribution in [2.45, 2.75) is 25.4 Å². The monoisotopic (exact) mass is 232 g/mol. The third kappa shape index (κ3) is 2.14. The molecule has 2 heterocycles. The van der Waals surface area contributed by atoms with Gasteiger partial charge in [0.2, 0.25) is 5.82 Å². The molecule has 6 heteroatoms. The van der Waals surface area contributed by atoms with Crippen molar-refractivity contribution in [1.29, 1.82) is 0 Å². The van der Waals surface area contributed by atoms with Crippen molar-refractivity contribution >= 4 is 11.6 Å². The van der Waals surface area contributed by atoms with E-state index in [2.05, 4.69) is 10.1 Å². The first-order chi connectivity index (χ1) is 7.27. The Morgan fingerprint density at radius 3 is 2.73 bits per heavy atom.